The zero-order chi connectivity index (χ0) is 28.9. The number of hydrogen-bond acceptors (Lipinski definition) is 7. The predicted octanol–water partition coefficient (Wildman–Crippen LogP) is 5.24. The monoisotopic (exact) mass is 553 g/mol. The molecule has 0 aliphatic carbocycles. The van der Waals surface area contributed by atoms with E-state index in [1.165, 1.54) is 0 Å². The highest BCUT2D eigenvalue weighted by molar-refractivity contribution is 6.01. The second kappa shape index (κ2) is 10.3. The molecule has 41 heavy (non-hydrogen) atoms. The largest absolute Gasteiger partial charge is 0.461 e. The van der Waals surface area contributed by atoms with Crippen LogP contribution in [0.2, 0.25) is 0 Å². The summed E-state index contributed by atoms with van der Waals surface area (Å²) in [4.78, 5) is 29.4. The molecule has 3 N–H and O–H groups in total. The highest BCUT2D eigenvalue weighted by Crippen LogP contribution is 2.40. The molecule has 1 fully saturated rings. The van der Waals surface area contributed by atoms with Crippen LogP contribution in [-0.4, -0.2) is 45.1 Å². The number of rotatable bonds is 6. The molecule has 0 radical (unpaired) electrons. The number of aromatic nitrogens is 1. The van der Waals surface area contributed by atoms with Gasteiger partial charge in [-0.05, 0) is 49.7 Å². The van der Waals surface area contributed by atoms with Crippen molar-refractivity contribution in [3.63, 3.8) is 0 Å². The van der Waals surface area contributed by atoms with Gasteiger partial charge in [0.25, 0.3) is 0 Å². The number of Topliss-reactive ketones (excluding diaryl/α,β-unsaturated/α-hetero) is 1. The van der Waals surface area contributed by atoms with Crippen molar-refractivity contribution >= 4 is 27.7 Å². The summed E-state index contributed by atoms with van der Waals surface area (Å²) in [5.74, 6) is -0.240. The Balaban J connectivity index is 1.39. The average Bonchev–Trinajstić information content (AvgIpc) is 3.40. The molecular weight excluding hydrogens is 522 g/mol. The molecule has 0 amide bonds. The lowest BCUT2D eigenvalue weighted by atomic mass is 9.82. The van der Waals surface area contributed by atoms with E-state index in [1.807, 2.05) is 75.4 Å². The van der Waals surface area contributed by atoms with E-state index in [0.717, 1.165) is 16.5 Å². The SMILES string of the molecule is C[C@@H]1[C@H](O)[C@H](O)C(Oc2ccc3cc(CC(=O)c4cc5ccccc5[nH]4)c(=O)oc3c2-c2ccccc2)OC1(C)C. The zero-order valence-corrected chi connectivity index (χ0v) is 23.0. The van der Waals surface area contributed by atoms with Crippen LogP contribution >= 0.6 is 0 Å². The number of para-hydroxylation sites is 1. The summed E-state index contributed by atoms with van der Waals surface area (Å²) in [6.45, 7) is 5.48. The van der Waals surface area contributed by atoms with Gasteiger partial charge in [0.05, 0.1) is 23.0 Å². The van der Waals surface area contributed by atoms with E-state index in [2.05, 4.69) is 4.98 Å². The maximum Gasteiger partial charge on any atom is 0.339 e. The minimum absolute atomic E-state index is 0.128. The van der Waals surface area contributed by atoms with E-state index in [4.69, 9.17) is 13.9 Å². The molecule has 2 aromatic heterocycles. The van der Waals surface area contributed by atoms with Crippen LogP contribution in [0, 0.1) is 5.92 Å². The van der Waals surface area contributed by atoms with Crippen LogP contribution in [0.3, 0.4) is 0 Å². The molecule has 5 aromatic rings. The van der Waals surface area contributed by atoms with Gasteiger partial charge in [-0.3, -0.25) is 4.79 Å². The summed E-state index contributed by atoms with van der Waals surface area (Å²) in [5.41, 5.74) is 1.61. The van der Waals surface area contributed by atoms with Crippen LogP contribution in [0.1, 0.15) is 36.8 Å². The fourth-order valence-electron chi connectivity index (χ4n) is 5.36. The first-order chi connectivity index (χ1) is 19.6. The molecule has 1 aliphatic rings. The summed E-state index contributed by atoms with van der Waals surface area (Å²) < 4.78 is 18.1. The molecule has 210 valence electrons. The first-order valence-electron chi connectivity index (χ1n) is 13.6. The predicted molar refractivity (Wildman–Crippen MR) is 155 cm³/mol. The summed E-state index contributed by atoms with van der Waals surface area (Å²) in [6.07, 6.45) is -3.63. The summed E-state index contributed by atoms with van der Waals surface area (Å²) >= 11 is 0. The highest BCUT2D eigenvalue weighted by atomic mass is 16.7. The fraction of sp³-hybridized carbons (Fsp3) is 0.273. The van der Waals surface area contributed by atoms with Crippen molar-refractivity contribution in [3.05, 3.63) is 101 Å². The van der Waals surface area contributed by atoms with Gasteiger partial charge in [0, 0.05) is 34.2 Å². The van der Waals surface area contributed by atoms with Gasteiger partial charge in [-0.2, -0.15) is 0 Å². The molecule has 3 aromatic carbocycles. The molecule has 0 spiro atoms. The summed E-state index contributed by atoms with van der Waals surface area (Å²) in [5, 5.41) is 22.9. The minimum atomic E-state index is -1.29. The number of nitrogens with one attached hydrogen (secondary N) is 1. The topological polar surface area (TPSA) is 122 Å². The first-order valence-corrected chi connectivity index (χ1v) is 13.6. The third-order valence-corrected chi connectivity index (χ3v) is 8.08. The summed E-state index contributed by atoms with van der Waals surface area (Å²) in [6, 6.07) is 23.8. The molecule has 0 saturated carbocycles. The van der Waals surface area contributed by atoms with Gasteiger partial charge in [-0.25, -0.2) is 4.79 Å². The third-order valence-electron chi connectivity index (χ3n) is 8.08. The van der Waals surface area contributed by atoms with E-state index in [1.54, 1.807) is 24.3 Å². The smallest absolute Gasteiger partial charge is 0.339 e. The van der Waals surface area contributed by atoms with Crippen molar-refractivity contribution in [1.82, 2.24) is 4.98 Å². The van der Waals surface area contributed by atoms with Crippen LogP contribution < -0.4 is 10.4 Å². The van der Waals surface area contributed by atoms with E-state index in [9.17, 15) is 19.8 Å². The van der Waals surface area contributed by atoms with Crippen LogP contribution in [0.15, 0.2) is 88.1 Å². The number of aliphatic hydroxyl groups is 2. The summed E-state index contributed by atoms with van der Waals surface area (Å²) in [7, 11) is 0. The van der Waals surface area contributed by atoms with Crippen molar-refractivity contribution < 1.29 is 28.9 Å². The second-order valence-corrected chi connectivity index (χ2v) is 11.1. The van der Waals surface area contributed by atoms with Crippen molar-refractivity contribution in [2.24, 2.45) is 5.92 Å². The van der Waals surface area contributed by atoms with Gasteiger partial charge >= 0.3 is 5.63 Å². The molecule has 8 heteroatoms. The molecular formula is C33H31NO7. The number of carbonyl (C=O) groups excluding carboxylic acids is 1. The standard InChI is InChI=1S/C33H31NO7/c1-18-28(36)29(37)32(41-33(18,2)3)39-26-14-13-21-15-22(17-25(35)24-16-20-11-7-8-12-23(20)34-24)31(38)40-30(21)27(26)19-9-5-4-6-10-19/h4-16,18,28-29,32,34,36-37H,17H2,1-3H3/t18-,28+,29+,32?/m1/s1. The highest BCUT2D eigenvalue weighted by Gasteiger charge is 2.48. The Labute approximate surface area is 236 Å². The van der Waals surface area contributed by atoms with E-state index in [-0.39, 0.29) is 29.3 Å². The minimum Gasteiger partial charge on any atom is -0.461 e. The number of aromatic amines is 1. The number of H-pyrrole nitrogens is 1. The molecule has 0 bridgehead atoms. The van der Waals surface area contributed by atoms with Crippen molar-refractivity contribution in [2.75, 3.05) is 0 Å². The number of ether oxygens (including phenoxy) is 2. The van der Waals surface area contributed by atoms with Crippen LogP contribution in [-0.2, 0) is 11.2 Å². The van der Waals surface area contributed by atoms with Gasteiger partial charge in [0.2, 0.25) is 6.29 Å². The van der Waals surface area contributed by atoms with Gasteiger partial charge < -0.3 is 29.1 Å². The van der Waals surface area contributed by atoms with Crippen molar-refractivity contribution in [3.8, 4) is 16.9 Å². The van der Waals surface area contributed by atoms with E-state index < -0.39 is 29.7 Å². The lowest BCUT2D eigenvalue weighted by Gasteiger charge is -2.46. The molecule has 8 nitrogen and oxygen atoms in total. The lowest BCUT2D eigenvalue weighted by Crippen LogP contribution is -2.59. The number of ketones is 1. The Hall–Kier alpha value is -4.24. The molecule has 1 unspecified atom stereocenters. The second-order valence-electron chi connectivity index (χ2n) is 11.1. The van der Waals surface area contributed by atoms with Crippen molar-refractivity contribution in [1.29, 1.82) is 0 Å². The van der Waals surface area contributed by atoms with E-state index >= 15 is 0 Å². The quantitative estimate of drug-likeness (QED) is 0.194. The Morgan fingerprint density at radius 1 is 0.951 bits per heavy atom. The number of aliphatic hydroxyl groups excluding tert-OH is 2. The fourth-order valence-corrected chi connectivity index (χ4v) is 5.36. The normalized spacial score (nSPS) is 22.2. The van der Waals surface area contributed by atoms with E-state index in [0.29, 0.717) is 22.4 Å². The average molecular weight is 554 g/mol. The number of benzene rings is 3. The Kier molecular flexibility index (Phi) is 6.77. The Morgan fingerprint density at radius 2 is 1.68 bits per heavy atom. The van der Waals surface area contributed by atoms with Gasteiger partial charge in [-0.15, -0.1) is 0 Å². The lowest BCUT2D eigenvalue weighted by molar-refractivity contribution is -0.284. The molecule has 4 atom stereocenters. The molecule has 6 rings (SSSR count). The van der Waals surface area contributed by atoms with Crippen LogP contribution in [0.25, 0.3) is 33.0 Å². The number of fused-ring (bicyclic) bond motifs is 2. The maximum absolute atomic E-state index is 13.2. The van der Waals surface area contributed by atoms with Crippen LogP contribution in [0.4, 0.5) is 0 Å². The molecule has 3 heterocycles. The Bertz CT molecular complexity index is 1770. The number of hydrogen-bond donors (Lipinski definition) is 3. The van der Waals surface area contributed by atoms with Gasteiger partial charge in [0.15, 0.2) is 5.78 Å². The Morgan fingerprint density at radius 3 is 2.44 bits per heavy atom. The van der Waals surface area contributed by atoms with Gasteiger partial charge in [0.1, 0.15) is 17.4 Å². The molecule has 1 saturated heterocycles. The third kappa shape index (κ3) is 4.95. The first kappa shape index (κ1) is 27.0. The number of carbonyl (C=O) groups is 1. The molecule has 1 aliphatic heterocycles. The van der Waals surface area contributed by atoms with Crippen LogP contribution in [0.5, 0.6) is 5.75 Å². The van der Waals surface area contributed by atoms with Crippen molar-refractivity contribution in [2.45, 2.75) is 51.3 Å². The maximum atomic E-state index is 13.2. The zero-order valence-electron chi connectivity index (χ0n) is 23.0. The van der Waals surface area contributed by atoms with Gasteiger partial charge in [-0.1, -0.05) is 55.5 Å².